The third kappa shape index (κ3) is 2.35. The maximum atomic E-state index is 12.5. The van der Waals surface area contributed by atoms with Crippen molar-refractivity contribution in [3.05, 3.63) is 54.2 Å². The minimum Gasteiger partial charge on any atom is -0.454 e. The summed E-state index contributed by atoms with van der Waals surface area (Å²) in [7, 11) is 0. The molecular formula is C18H12N4O4. The molecule has 0 saturated carbocycles. The average molecular weight is 348 g/mol. The van der Waals surface area contributed by atoms with Crippen molar-refractivity contribution in [1.82, 2.24) is 15.2 Å². The minimum absolute atomic E-state index is 0.0212. The number of para-hydroxylation sites is 1. The number of aromatic amines is 1. The van der Waals surface area contributed by atoms with Crippen LogP contribution in [-0.2, 0) is 0 Å². The molecule has 0 saturated heterocycles. The van der Waals surface area contributed by atoms with Crippen LogP contribution in [-0.4, -0.2) is 27.9 Å². The lowest BCUT2D eigenvalue weighted by atomic mass is 10.2. The molecule has 8 heteroatoms. The van der Waals surface area contributed by atoms with Crippen LogP contribution in [0.2, 0.25) is 0 Å². The van der Waals surface area contributed by atoms with Gasteiger partial charge < -0.3 is 18.9 Å². The number of benzene rings is 2. The molecule has 2 aromatic carbocycles. The highest BCUT2D eigenvalue weighted by molar-refractivity contribution is 6.12. The third-order valence-corrected chi connectivity index (χ3v) is 4.10. The van der Waals surface area contributed by atoms with Crippen LogP contribution in [0.15, 0.2) is 53.1 Å². The van der Waals surface area contributed by atoms with Gasteiger partial charge in [0.15, 0.2) is 11.5 Å². The minimum atomic E-state index is -0.330. The zero-order valence-electron chi connectivity index (χ0n) is 13.4. The number of ether oxygens (including phenoxy) is 2. The van der Waals surface area contributed by atoms with Crippen molar-refractivity contribution >= 4 is 22.8 Å². The van der Waals surface area contributed by atoms with E-state index in [1.165, 1.54) is 0 Å². The van der Waals surface area contributed by atoms with Gasteiger partial charge in [0.2, 0.25) is 12.7 Å². The molecule has 3 heterocycles. The number of aromatic nitrogens is 3. The first-order chi connectivity index (χ1) is 12.8. The summed E-state index contributed by atoms with van der Waals surface area (Å²) in [5, 5.41) is 11.3. The van der Waals surface area contributed by atoms with Crippen LogP contribution in [0.3, 0.4) is 0 Å². The van der Waals surface area contributed by atoms with Crippen molar-refractivity contribution in [2.75, 3.05) is 12.1 Å². The summed E-state index contributed by atoms with van der Waals surface area (Å²) < 4.78 is 16.2. The van der Waals surface area contributed by atoms with Gasteiger partial charge in [-0.3, -0.25) is 10.1 Å². The van der Waals surface area contributed by atoms with Crippen LogP contribution < -0.4 is 14.8 Å². The van der Waals surface area contributed by atoms with Gasteiger partial charge in [0.05, 0.1) is 5.56 Å². The predicted molar refractivity (Wildman–Crippen MR) is 92.1 cm³/mol. The number of rotatable bonds is 3. The van der Waals surface area contributed by atoms with E-state index >= 15 is 0 Å². The molecule has 0 radical (unpaired) electrons. The second-order valence-corrected chi connectivity index (χ2v) is 5.68. The molecule has 1 aliphatic heterocycles. The monoisotopic (exact) mass is 348 g/mol. The Hall–Kier alpha value is -3.81. The van der Waals surface area contributed by atoms with Gasteiger partial charge in [-0.25, -0.2) is 0 Å². The summed E-state index contributed by atoms with van der Waals surface area (Å²) in [5.41, 5.74) is 2.06. The summed E-state index contributed by atoms with van der Waals surface area (Å²) in [5.74, 6) is 1.23. The van der Waals surface area contributed by atoms with Crippen LogP contribution in [0.5, 0.6) is 11.5 Å². The molecular weight excluding hydrogens is 336 g/mol. The standard InChI is InChI=1S/C18H12N4O4/c23-16(12-8-19-13-4-2-1-3-11(12)13)20-18-22-21-17(26-18)10-5-6-14-15(7-10)25-9-24-14/h1-8,19H,9H2,(H,20,22,23). The van der Waals surface area contributed by atoms with Gasteiger partial charge in [0, 0.05) is 22.7 Å². The van der Waals surface area contributed by atoms with Crippen LogP contribution in [0.25, 0.3) is 22.4 Å². The second-order valence-electron chi connectivity index (χ2n) is 5.68. The Bertz CT molecular complexity index is 1130. The number of carbonyl (C=O) groups excluding carboxylic acids is 1. The van der Waals surface area contributed by atoms with Gasteiger partial charge in [-0.15, -0.1) is 5.10 Å². The number of hydrogen-bond acceptors (Lipinski definition) is 6. The number of hydrogen-bond donors (Lipinski definition) is 2. The number of amides is 1. The smallest absolute Gasteiger partial charge is 0.322 e. The largest absolute Gasteiger partial charge is 0.454 e. The zero-order chi connectivity index (χ0) is 17.5. The van der Waals surface area contributed by atoms with Gasteiger partial charge in [0.25, 0.3) is 5.91 Å². The fraction of sp³-hybridized carbons (Fsp3) is 0.0556. The molecule has 2 N–H and O–H groups in total. The van der Waals surface area contributed by atoms with E-state index in [-0.39, 0.29) is 24.6 Å². The van der Waals surface area contributed by atoms with Crippen molar-refractivity contribution in [2.24, 2.45) is 0 Å². The lowest BCUT2D eigenvalue weighted by Gasteiger charge is -1.99. The Balaban J connectivity index is 1.39. The zero-order valence-corrected chi connectivity index (χ0v) is 13.4. The van der Waals surface area contributed by atoms with E-state index in [2.05, 4.69) is 20.5 Å². The second kappa shape index (κ2) is 5.62. The summed E-state index contributed by atoms with van der Waals surface area (Å²) in [6, 6.07) is 12.9. The van der Waals surface area contributed by atoms with E-state index in [9.17, 15) is 4.79 Å². The summed E-state index contributed by atoms with van der Waals surface area (Å²) in [6.45, 7) is 0.189. The highest BCUT2D eigenvalue weighted by Crippen LogP contribution is 2.35. The van der Waals surface area contributed by atoms with Crippen molar-refractivity contribution in [1.29, 1.82) is 0 Å². The van der Waals surface area contributed by atoms with Crippen LogP contribution in [0.1, 0.15) is 10.4 Å². The van der Waals surface area contributed by atoms with Gasteiger partial charge >= 0.3 is 6.01 Å². The maximum absolute atomic E-state index is 12.5. The first-order valence-corrected chi connectivity index (χ1v) is 7.89. The van der Waals surface area contributed by atoms with E-state index < -0.39 is 0 Å². The van der Waals surface area contributed by atoms with E-state index in [0.717, 1.165) is 10.9 Å². The molecule has 1 amide bonds. The predicted octanol–water partition coefficient (Wildman–Crippen LogP) is 3.20. The fourth-order valence-corrected chi connectivity index (χ4v) is 2.84. The van der Waals surface area contributed by atoms with Gasteiger partial charge in [-0.1, -0.05) is 23.3 Å². The third-order valence-electron chi connectivity index (χ3n) is 4.10. The first-order valence-electron chi connectivity index (χ1n) is 7.89. The lowest BCUT2D eigenvalue weighted by Crippen LogP contribution is -2.11. The first kappa shape index (κ1) is 14.5. The molecule has 8 nitrogen and oxygen atoms in total. The number of anilines is 1. The Morgan fingerprint density at radius 2 is 1.96 bits per heavy atom. The topological polar surface area (TPSA) is 102 Å². The molecule has 2 aromatic heterocycles. The normalized spacial score (nSPS) is 12.5. The Labute approximate surface area is 146 Å². The van der Waals surface area contributed by atoms with Crippen molar-refractivity contribution < 1.29 is 18.7 Å². The highest BCUT2D eigenvalue weighted by Gasteiger charge is 2.18. The Kier molecular flexibility index (Phi) is 3.14. The van der Waals surface area contributed by atoms with Gasteiger partial charge in [-0.2, -0.15) is 0 Å². The van der Waals surface area contributed by atoms with Gasteiger partial charge in [-0.05, 0) is 24.3 Å². The van der Waals surface area contributed by atoms with E-state index in [1.807, 2.05) is 24.3 Å². The van der Waals surface area contributed by atoms with E-state index in [0.29, 0.717) is 22.6 Å². The molecule has 0 fully saturated rings. The molecule has 26 heavy (non-hydrogen) atoms. The van der Waals surface area contributed by atoms with Crippen molar-refractivity contribution in [3.63, 3.8) is 0 Å². The Morgan fingerprint density at radius 1 is 1.08 bits per heavy atom. The number of H-pyrrole nitrogens is 1. The molecule has 0 bridgehead atoms. The number of nitrogens with one attached hydrogen (secondary N) is 2. The number of fused-ring (bicyclic) bond motifs is 2. The molecule has 1 aliphatic rings. The van der Waals surface area contributed by atoms with E-state index in [4.69, 9.17) is 13.9 Å². The molecule has 0 aliphatic carbocycles. The SMILES string of the molecule is O=C(Nc1nnc(-c2ccc3c(c2)OCO3)o1)c1c[nH]c2ccccc12. The average Bonchev–Trinajstić information content (AvgIpc) is 3.39. The molecule has 4 aromatic rings. The highest BCUT2D eigenvalue weighted by atomic mass is 16.7. The van der Waals surface area contributed by atoms with E-state index in [1.54, 1.807) is 24.4 Å². The van der Waals surface area contributed by atoms with Gasteiger partial charge in [0.1, 0.15) is 0 Å². The van der Waals surface area contributed by atoms with Crippen LogP contribution in [0, 0.1) is 0 Å². The van der Waals surface area contributed by atoms with Crippen molar-refractivity contribution in [2.45, 2.75) is 0 Å². The molecule has 128 valence electrons. The quantitative estimate of drug-likeness (QED) is 0.589. The molecule has 0 atom stereocenters. The number of carbonyl (C=O) groups is 1. The lowest BCUT2D eigenvalue weighted by molar-refractivity contribution is 0.102. The van der Waals surface area contributed by atoms with Crippen LogP contribution in [0.4, 0.5) is 6.01 Å². The van der Waals surface area contributed by atoms with Crippen molar-refractivity contribution in [3.8, 4) is 23.0 Å². The summed E-state index contributed by atoms with van der Waals surface area (Å²) >= 11 is 0. The summed E-state index contributed by atoms with van der Waals surface area (Å²) in [4.78, 5) is 15.5. The summed E-state index contributed by atoms with van der Waals surface area (Å²) in [6.07, 6.45) is 1.65. The van der Waals surface area contributed by atoms with Crippen LogP contribution >= 0.6 is 0 Å². The molecule has 0 spiro atoms. The fourth-order valence-electron chi connectivity index (χ4n) is 2.84. The molecule has 5 rings (SSSR count). The maximum Gasteiger partial charge on any atom is 0.322 e. The Morgan fingerprint density at radius 3 is 2.92 bits per heavy atom. The molecule has 0 unspecified atom stereocenters. The number of nitrogens with zero attached hydrogens (tertiary/aromatic N) is 2.